The summed E-state index contributed by atoms with van der Waals surface area (Å²) >= 11 is 5.74. The van der Waals surface area contributed by atoms with Gasteiger partial charge in [-0.1, -0.05) is 28.9 Å². The highest BCUT2D eigenvalue weighted by Crippen LogP contribution is 2.11. The van der Waals surface area contributed by atoms with Crippen molar-refractivity contribution in [1.82, 2.24) is 0 Å². The number of carbonyl (C=O) groups excluding carboxylic acids is 1. The van der Waals surface area contributed by atoms with E-state index in [0.29, 0.717) is 17.9 Å². The second-order valence-electron chi connectivity index (χ2n) is 3.16. The molecule has 0 saturated carbocycles. The van der Waals surface area contributed by atoms with Gasteiger partial charge in [0.05, 0.1) is 7.11 Å². The number of oxime groups is 1. The van der Waals surface area contributed by atoms with Crippen LogP contribution in [0.5, 0.6) is 0 Å². The molecule has 1 aromatic rings. The van der Waals surface area contributed by atoms with Crippen molar-refractivity contribution in [2.24, 2.45) is 5.16 Å². The minimum absolute atomic E-state index is 0.0115. The second-order valence-corrected chi connectivity index (χ2v) is 3.60. The quantitative estimate of drug-likeness (QED) is 0.381. The van der Waals surface area contributed by atoms with E-state index >= 15 is 0 Å². The fraction of sp³-hybridized carbons (Fsp3) is 0.273. The van der Waals surface area contributed by atoms with Gasteiger partial charge in [-0.2, -0.15) is 0 Å². The lowest BCUT2D eigenvalue weighted by Crippen LogP contribution is -2.16. The molecule has 0 aliphatic heterocycles. The number of esters is 1. The van der Waals surface area contributed by atoms with E-state index in [4.69, 9.17) is 16.8 Å². The molecule has 0 aromatic heterocycles. The highest BCUT2D eigenvalue weighted by atomic mass is 35.5. The second kappa shape index (κ2) is 6.12. The highest BCUT2D eigenvalue weighted by molar-refractivity contribution is 6.36. The van der Waals surface area contributed by atoms with Gasteiger partial charge in [0.15, 0.2) is 5.71 Å². The number of hydrogen-bond acceptors (Lipinski definition) is 4. The van der Waals surface area contributed by atoms with Crippen LogP contribution >= 0.6 is 11.6 Å². The van der Waals surface area contributed by atoms with Gasteiger partial charge in [-0.25, -0.2) is 4.79 Å². The van der Waals surface area contributed by atoms with E-state index in [1.165, 1.54) is 7.11 Å². The Balaban J connectivity index is 2.57. The summed E-state index contributed by atoms with van der Waals surface area (Å²) in [7, 11) is 1.25. The maximum atomic E-state index is 11.1. The van der Waals surface area contributed by atoms with Crippen molar-refractivity contribution < 1.29 is 14.7 Å². The molecule has 0 bridgehead atoms. The summed E-state index contributed by atoms with van der Waals surface area (Å²) in [6.07, 6.45) is 0.913. The van der Waals surface area contributed by atoms with E-state index in [0.717, 1.165) is 5.56 Å². The van der Waals surface area contributed by atoms with Crippen LogP contribution in [0.15, 0.2) is 29.4 Å². The predicted molar refractivity (Wildman–Crippen MR) is 61.0 cm³/mol. The molecular weight excluding hydrogens is 230 g/mol. The van der Waals surface area contributed by atoms with Crippen LogP contribution in [0.25, 0.3) is 0 Å². The lowest BCUT2D eigenvalue weighted by molar-refractivity contribution is -0.133. The molecule has 1 aromatic carbocycles. The molecular formula is C11H12ClNO3. The van der Waals surface area contributed by atoms with Crippen LogP contribution in [0.4, 0.5) is 0 Å². The molecule has 4 nitrogen and oxygen atoms in total. The summed E-state index contributed by atoms with van der Waals surface area (Å²) in [4.78, 5) is 11.1. The number of carbonyl (C=O) groups is 1. The van der Waals surface area contributed by atoms with Crippen LogP contribution in [0.2, 0.25) is 5.02 Å². The third-order valence-corrected chi connectivity index (χ3v) is 2.36. The van der Waals surface area contributed by atoms with E-state index in [1.807, 2.05) is 12.1 Å². The van der Waals surface area contributed by atoms with Gasteiger partial charge in [-0.3, -0.25) is 0 Å². The van der Waals surface area contributed by atoms with Gasteiger partial charge in [-0.15, -0.1) is 0 Å². The number of aryl methyl sites for hydroxylation is 1. The van der Waals surface area contributed by atoms with Crippen LogP contribution in [0.3, 0.4) is 0 Å². The first-order valence-corrected chi connectivity index (χ1v) is 5.09. The third kappa shape index (κ3) is 3.55. The topological polar surface area (TPSA) is 58.9 Å². The summed E-state index contributed by atoms with van der Waals surface area (Å²) in [5.41, 5.74) is 1.02. The van der Waals surface area contributed by atoms with Gasteiger partial charge in [0.25, 0.3) is 0 Å². The number of benzene rings is 1. The number of ether oxygens (including phenoxy) is 1. The minimum Gasteiger partial charge on any atom is -0.464 e. The van der Waals surface area contributed by atoms with E-state index < -0.39 is 5.97 Å². The van der Waals surface area contributed by atoms with Crippen molar-refractivity contribution in [3.05, 3.63) is 34.9 Å². The van der Waals surface area contributed by atoms with E-state index in [9.17, 15) is 4.79 Å². The lowest BCUT2D eigenvalue weighted by atomic mass is 10.1. The Kier molecular flexibility index (Phi) is 4.79. The van der Waals surface area contributed by atoms with Gasteiger partial charge >= 0.3 is 5.97 Å². The average Bonchev–Trinajstić information content (AvgIpc) is 2.31. The molecule has 0 amide bonds. The molecule has 0 atom stereocenters. The van der Waals surface area contributed by atoms with Crippen molar-refractivity contribution in [2.45, 2.75) is 12.8 Å². The minimum atomic E-state index is -0.614. The Morgan fingerprint density at radius 2 is 2.06 bits per heavy atom. The average molecular weight is 242 g/mol. The lowest BCUT2D eigenvalue weighted by Gasteiger charge is -2.02. The van der Waals surface area contributed by atoms with E-state index in [-0.39, 0.29) is 5.71 Å². The Labute approximate surface area is 98.5 Å². The maximum Gasteiger partial charge on any atom is 0.355 e. The zero-order valence-corrected chi connectivity index (χ0v) is 9.57. The molecule has 0 spiro atoms. The normalized spacial score (nSPS) is 11.2. The molecule has 0 heterocycles. The van der Waals surface area contributed by atoms with Gasteiger partial charge in [-0.05, 0) is 24.1 Å². The Morgan fingerprint density at radius 3 is 2.56 bits per heavy atom. The Hall–Kier alpha value is -1.55. The molecule has 0 saturated heterocycles. The van der Waals surface area contributed by atoms with Crippen LogP contribution in [-0.4, -0.2) is 24.0 Å². The molecule has 1 rings (SSSR count). The van der Waals surface area contributed by atoms with Crippen LogP contribution in [0.1, 0.15) is 12.0 Å². The number of rotatable bonds is 4. The van der Waals surface area contributed by atoms with Crippen LogP contribution in [0, 0.1) is 0 Å². The van der Waals surface area contributed by atoms with E-state index in [2.05, 4.69) is 9.89 Å². The Morgan fingerprint density at radius 1 is 1.44 bits per heavy atom. The van der Waals surface area contributed by atoms with Crippen molar-refractivity contribution in [3.8, 4) is 0 Å². The molecule has 0 fully saturated rings. The number of halogens is 1. The number of nitrogens with zero attached hydrogens (tertiary/aromatic N) is 1. The molecule has 1 N–H and O–H groups in total. The van der Waals surface area contributed by atoms with Crippen molar-refractivity contribution in [1.29, 1.82) is 0 Å². The van der Waals surface area contributed by atoms with Crippen molar-refractivity contribution in [2.75, 3.05) is 7.11 Å². The summed E-state index contributed by atoms with van der Waals surface area (Å²) < 4.78 is 4.46. The van der Waals surface area contributed by atoms with Gasteiger partial charge < -0.3 is 9.94 Å². The molecule has 0 aliphatic rings. The van der Waals surface area contributed by atoms with Crippen molar-refractivity contribution in [3.63, 3.8) is 0 Å². The Bertz CT molecular complexity index is 387. The molecule has 0 radical (unpaired) electrons. The van der Waals surface area contributed by atoms with Gasteiger partial charge in [0.2, 0.25) is 0 Å². The molecule has 5 heteroatoms. The summed E-state index contributed by atoms with van der Waals surface area (Å²) in [5, 5.41) is 12.2. The van der Waals surface area contributed by atoms with Crippen LogP contribution in [-0.2, 0) is 16.0 Å². The first kappa shape index (κ1) is 12.5. The van der Waals surface area contributed by atoms with Gasteiger partial charge in [0, 0.05) is 11.4 Å². The first-order chi connectivity index (χ1) is 7.67. The molecule has 0 aliphatic carbocycles. The number of hydrogen-bond donors (Lipinski definition) is 1. The molecule has 16 heavy (non-hydrogen) atoms. The zero-order valence-electron chi connectivity index (χ0n) is 8.81. The number of methoxy groups -OCH3 is 1. The summed E-state index contributed by atoms with van der Waals surface area (Å²) in [5.74, 6) is -0.614. The third-order valence-electron chi connectivity index (χ3n) is 2.11. The summed E-state index contributed by atoms with van der Waals surface area (Å²) in [6, 6.07) is 7.25. The zero-order chi connectivity index (χ0) is 12.0. The maximum absolute atomic E-state index is 11.1. The van der Waals surface area contributed by atoms with Gasteiger partial charge in [0.1, 0.15) is 0 Å². The standard InChI is InChI=1S/C11H12ClNO3/c1-16-11(14)10(13-15)7-4-8-2-5-9(12)6-3-8/h2-3,5-6,15H,4,7H2,1H3/b13-10-. The summed E-state index contributed by atoms with van der Waals surface area (Å²) in [6.45, 7) is 0. The molecule has 0 unspecified atom stereocenters. The first-order valence-electron chi connectivity index (χ1n) is 4.71. The monoisotopic (exact) mass is 241 g/mol. The fourth-order valence-electron chi connectivity index (χ4n) is 1.22. The predicted octanol–water partition coefficient (Wildman–Crippen LogP) is 2.28. The molecule has 86 valence electrons. The highest BCUT2D eigenvalue weighted by Gasteiger charge is 2.12. The smallest absolute Gasteiger partial charge is 0.355 e. The SMILES string of the molecule is COC(=O)/C(CCc1ccc(Cl)cc1)=N\O. The van der Waals surface area contributed by atoms with Crippen molar-refractivity contribution >= 4 is 23.3 Å². The fourth-order valence-corrected chi connectivity index (χ4v) is 1.35. The van der Waals surface area contributed by atoms with Crippen LogP contribution < -0.4 is 0 Å². The largest absolute Gasteiger partial charge is 0.464 e. The van der Waals surface area contributed by atoms with E-state index in [1.54, 1.807) is 12.1 Å².